The molecule has 2 fully saturated rings. The van der Waals surface area contributed by atoms with Crippen molar-refractivity contribution in [2.75, 3.05) is 11.5 Å². The van der Waals surface area contributed by atoms with Gasteiger partial charge in [0.05, 0.1) is 5.41 Å². The Hall–Kier alpha value is -0.960. The molecular formula is C13H14O2S. The molecule has 0 amide bonds. The van der Waals surface area contributed by atoms with E-state index in [-0.39, 0.29) is 0 Å². The number of carboxylic acids is 1. The van der Waals surface area contributed by atoms with Crippen LogP contribution < -0.4 is 0 Å². The quantitative estimate of drug-likeness (QED) is 0.873. The van der Waals surface area contributed by atoms with Crippen molar-refractivity contribution >= 4 is 17.7 Å². The summed E-state index contributed by atoms with van der Waals surface area (Å²) in [5.74, 6) is 2.45. The van der Waals surface area contributed by atoms with Gasteiger partial charge in [-0.2, -0.15) is 11.8 Å². The molecule has 0 aromatic heterocycles. The summed E-state index contributed by atoms with van der Waals surface area (Å²) in [7, 11) is 0. The summed E-state index contributed by atoms with van der Waals surface area (Å²) in [5.41, 5.74) is 1.80. The van der Waals surface area contributed by atoms with Crippen LogP contribution >= 0.6 is 11.8 Å². The van der Waals surface area contributed by atoms with Crippen LogP contribution in [0.4, 0.5) is 0 Å². The third-order valence-corrected chi connectivity index (χ3v) is 5.01. The van der Waals surface area contributed by atoms with E-state index in [2.05, 4.69) is 12.1 Å². The van der Waals surface area contributed by atoms with E-state index in [0.717, 1.165) is 18.4 Å². The van der Waals surface area contributed by atoms with E-state index in [1.807, 2.05) is 23.9 Å². The molecule has 84 valence electrons. The molecule has 0 bridgehead atoms. The molecule has 2 aliphatic rings. The molecule has 0 unspecified atom stereocenters. The van der Waals surface area contributed by atoms with Gasteiger partial charge in [-0.25, -0.2) is 0 Å². The Morgan fingerprint density at radius 3 is 2.25 bits per heavy atom. The lowest BCUT2D eigenvalue weighted by Crippen LogP contribution is -2.20. The highest BCUT2D eigenvalue weighted by atomic mass is 32.2. The second-order valence-electron chi connectivity index (χ2n) is 4.74. The Bertz CT molecular complexity index is 416. The first-order valence-corrected chi connectivity index (χ1v) is 6.79. The topological polar surface area (TPSA) is 37.3 Å². The summed E-state index contributed by atoms with van der Waals surface area (Å²) in [6.07, 6.45) is 1.59. The number of hydrogen-bond donors (Lipinski definition) is 1. The van der Waals surface area contributed by atoms with Crippen LogP contribution in [-0.4, -0.2) is 22.6 Å². The summed E-state index contributed by atoms with van der Waals surface area (Å²) in [5, 5.41) is 9.19. The van der Waals surface area contributed by atoms with Crippen LogP contribution in [-0.2, 0) is 10.2 Å². The van der Waals surface area contributed by atoms with Gasteiger partial charge in [0.1, 0.15) is 0 Å². The van der Waals surface area contributed by atoms with Crippen LogP contribution in [0.15, 0.2) is 24.3 Å². The van der Waals surface area contributed by atoms with Crippen LogP contribution in [0.5, 0.6) is 0 Å². The van der Waals surface area contributed by atoms with Crippen molar-refractivity contribution in [2.45, 2.75) is 24.2 Å². The predicted molar refractivity (Wildman–Crippen MR) is 65.1 cm³/mol. The van der Waals surface area contributed by atoms with E-state index in [4.69, 9.17) is 0 Å². The number of thioether (sulfide) groups is 1. The molecular weight excluding hydrogens is 220 g/mol. The van der Waals surface area contributed by atoms with Crippen molar-refractivity contribution in [3.63, 3.8) is 0 Å². The summed E-state index contributed by atoms with van der Waals surface area (Å²) in [6.45, 7) is 0. The van der Waals surface area contributed by atoms with Crippen molar-refractivity contribution < 1.29 is 9.90 Å². The smallest absolute Gasteiger partial charge is 0.314 e. The maximum Gasteiger partial charge on any atom is 0.314 e. The molecule has 16 heavy (non-hydrogen) atoms. The van der Waals surface area contributed by atoms with Gasteiger partial charge in [0.25, 0.3) is 0 Å². The zero-order chi connectivity index (χ0) is 11.2. The second kappa shape index (κ2) is 3.52. The Labute approximate surface area is 99.1 Å². The fourth-order valence-electron chi connectivity index (χ4n) is 2.25. The SMILES string of the molecule is O=C(O)C1(c2ccc(C3CSC3)cc2)CC1. The molecule has 0 atom stereocenters. The molecule has 2 nitrogen and oxygen atoms in total. The van der Waals surface area contributed by atoms with Crippen LogP contribution in [0.25, 0.3) is 0 Å². The van der Waals surface area contributed by atoms with Gasteiger partial charge in [-0.15, -0.1) is 0 Å². The Morgan fingerprint density at radius 2 is 1.88 bits per heavy atom. The number of aliphatic carboxylic acids is 1. The molecule has 1 saturated heterocycles. The minimum absolute atomic E-state index is 0.549. The van der Waals surface area contributed by atoms with Crippen LogP contribution in [0.1, 0.15) is 29.9 Å². The van der Waals surface area contributed by atoms with Gasteiger partial charge >= 0.3 is 5.97 Å². The Kier molecular flexibility index (Phi) is 2.25. The van der Waals surface area contributed by atoms with Gasteiger partial charge in [0.15, 0.2) is 0 Å². The second-order valence-corrected chi connectivity index (χ2v) is 5.82. The normalized spacial score (nSPS) is 22.5. The minimum atomic E-state index is -0.667. The molecule has 1 aromatic rings. The highest BCUT2D eigenvalue weighted by Crippen LogP contribution is 2.48. The van der Waals surface area contributed by atoms with Crippen LogP contribution in [0.2, 0.25) is 0 Å². The summed E-state index contributed by atoms with van der Waals surface area (Å²) in [6, 6.07) is 8.25. The van der Waals surface area contributed by atoms with Crippen molar-refractivity contribution in [3.8, 4) is 0 Å². The molecule has 1 N–H and O–H groups in total. The zero-order valence-electron chi connectivity index (χ0n) is 8.98. The first-order chi connectivity index (χ1) is 7.72. The Morgan fingerprint density at radius 1 is 1.25 bits per heavy atom. The third-order valence-electron chi connectivity index (χ3n) is 3.73. The van der Waals surface area contributed by atoms with Crippen molar-refractivity contribution in [2.24, 2.45) is 0 Å². The monoisotopic (exact) mass is 234 g/mol. The predicted octanol–water partition coefficient (Wildman–Crippen LogP) is 2.63. The summed E-state index contributed by atoms with van der Waals surface area (Å²) in [4.78, 5) is 11.2. The van der Waals surface area contributed by atoms with Crippen molar-refractivity contribution in [1.29, 1.82) is 0 Å². The molecule has 1 aliphatic heterocycles. The van der Waals surface area contributed by atoms with E-state index < -0.39 is 11.4 Å². The zero-order valence-corrected chi connectivity index (χ0v) is 9.80. The van der Waals surface area contributed by atoms with E-state index in [9.17, 15) is 9.90 Å². The van der Waals surface area contributed by atoms with Crippen LogP contribution in [0.3, 0.4) is 0 Å². The number of rotatable bonds is 3. The minimum Gasteiger partial charge on any atom is -0.481 e. The van der Waals surface area contributed by atoms with Crippen molar-refractivity contribution in [3.05, 3.63) is 35.4 Å². The van der Waals surface area contributed by atoms with Gasteiger partial charge in [-0.3, -0.25) is 4.79 Å². The number of carboxylic acid groups (broad SMARTS) is 1. The van der Waals surface area contributed by atoms with Gasteiger partial charge in [0, 0.05) is 17.4 Å². The summed E-state index contributed by atoms with van der Waals surface area (Å²) < 4.78 is 0. The average molecular weight is 234 g/mol. The lowest BCUT2D eigenvalue weighted by Gasteiger charge is -2.25. The first-order valence-electron chi connectivity index (χ1n) is 5.64. The number of carbonyl (C=O) groups is 1. The molecule has 0 spiro atoms. The lowest BCUT2D eigenvalue weighted by molar-refractivity contribution is -0.140. The highest BCUT2D eigenvalue weighted by Gasteiger charge is 2.51. The fourth-order valence-corrected chi connectivity index (χ4v) is 3.11. The van der Waals surface area contributed by atoms with Gasteiger partial charge in [0.2, 0.25) is 0 Å². The highest BCUT2D eigenvalue weighted by molar-refractivity contribution is 8.00. The molecule has 1 heterocycles. The standard InChI is InChI=1S/C13H14O2S/c14-12(15)13(5-6-13)11-3-1-9(2-4-11)10-7-16-8-10/h1-4,10H,5-8H2,(H,14,15). The molecule has 1 saturated carbocycles. The van der Waals surface area contributed by atoms with E-state index >= 15 is 0 Å². The number of benzene rings is 1. The molecule has 0 radical (unpaired) electrons. The van der Waals surface area contributed by atoms with Crippen LogP contribution in [0, 0.1) is 0 Å². The van der Waals surface area contributed by atoms with E-state index in [1.54, 1.807) is 0 Å². The fraction of sp³-hybridized carbons (Fsp3) is 0.462. The van der Waals surface area contributed by atoms with E-state index in [1.165, 1.54) is 17.1 Å². The van der Waals surface area contributed by atoms with Gasteiger partial charge in [-0.05, 0) is 24.0 Å². The number of hydrogen-bond acceptors (Lipinski definition) is 2. The summed E-state index contributed by atoms with van der Waals surface area (Å²) >= 11 is 1.97. The van der Waals surface area contributed by atoms with Gasteiger partial charge < -0.3 is 5.11 Å². The maximum absolute atomic E-state index is 11.2. The van der Waals surface area contributed by atoms with Gasteiger partial charge in [-0.1, -0.05) is 24.3 Å². The molecule has 3 rings (SSSR count). The average Bonchev–Trinajstić information content (AvgIpc) is 2.97. The molecule has 1 aromatic carbocycles. The maximum atomic E-state index is 11.2. The lowest BCUT2D eigenvalue weighted by atomic mass is 9.93. The first kappa shape index (κ1) is 10.2. The third kappa shape index (κ3) is 1.46. The van der Waals surface area contributed by atoms with Crippen molar-refractivity contribution in [1.82, 2.24) is 0 Å². The Balaban J connectivity index is 1.85. The van der Waals surface area contributed by atoms with E-state index in [0.29, 0.717) is 5.92 Å². The molecule has 1 aliphatic carbocycles. The molecule has 3 heteroatoms. The largest absolute Gasteiger partial charge is 0.481 e.